The third-order valence-corrected chi connectivity index (χ3v) is 2.48. The second kappa shape index (κ2) is 12.6. The summed E-state index contributed by atoms with van der Waals surface area (Å²) in [7, 11) is 0. The van der Waals surface area contributed by atoms with E-state index < -0.39 is 0 Å². The van der Waals surface area contributed by atoms with Gasteiger partial charge in [-0.15, -0.1) is 0 Å². The highest BCUT2D eigenvalue weighted by Crippen LogP contribution is 2.00. The van der Waals surface area contributed by atoms with Crippen molar-refractivity contribution in [3.8, 4) is 0 Å². The van der Waals surface area contributed by atoms with Crippen molar-refractivity contribution in [2.45, 2.75) is 34.6 Å². The predicted octanol–water partition coefficient (Wildman–Crippen LogP) is 4.59. The number of rotatable bonds is 8. The summed E-state index contributed by atoms with van der Waals surface area (Å²) in [5.41, 5.74) is 3.58. The van der Waals surface area contributed by atoms with Crippen molar-refractivity contribution in [1.29, 1.82) is 0 Å². The molecule has 0 aliphatic carbocycles. The average Bonchev–Trinajstić information content (AvgIpc) is 2.42. The molecule has 0 atom stereocenters. The van der Waals surface area contributed by atoms with Crippen LogP contribution in [-0.2, 0) is 9.53 Å². The zero-order valence-electron chi connectivity index (χ0n) is 14.3. The van der Waals surface area contributed by atoms with E-state index in [0.717, 1.165) is 5.57 Å². The fraction of sp³-hybridized carbons (Fsp3) is 0.368. The normalized spacial score (nSPS) is 13.3. The first-order valence-corrected chi connectivity index (χ1v) is 7.38. The summed E-state index contributed by atoms with van der Waals surface area (Å²) in [4.78, 5) is 14.7. The Morgan fingerprint density at radius 2 is 1.50 bits per heavy atom. The third kappa shape index (κ3) is 14.3. The van der Waals surface area contributed by atoms with Crippen LogP contribution in [0.25, 0.3) is 0 Å². The highest BCUT2D eigenvalue weighted by molar-refractivity contribution is 5.72. The fourth-order valence-electron chi connectivity index (χ4n) is 1.34. The molecule has 0 aromatic heterocycles. The largest absolute Gasteiger partial charge is 0.464 e. The van der Waals surface area contributed by atoms with Crippen molar-refractivity contribution < 1.29 is 9.53 Å². The zero-order chi connectivity index (χ0) is 16.8. The molecule has 0 fully saturated rings. The van der Waals surface area contributed by atoms with Gasteiger partial charge in [0.2, 0.25) is 0 Å². The van der Waals surface area contributed by atoms with E-state index in [0.29, 0.717) is 13.2 Å². The summed E-state index contributed by atoms with van der Waals surface area (Å²) in [6, 6.07) is 0. The molecule has 0 unspecified atom stereocenters. The molecule has 0 bridgehead atoms. The van der Waals surface area contributed by atoms with E-state index in [2.05, 4.69) is 44.0 Å². The first-order valence-electron chi connectivity index (χ1n) is 7.38. The van der Waals surface area contributed by atoms with Crippen molar-refractivity contribution in [3.05, 3.63) is 59.3 Å². The Bertz CT molecular complexity index is 514. The monoisotopic (exact) mass is 301 g/mol. The summed E-state index contributed by atoms with van der Waals surface area (Å²) in [5, 5.41) is 0. The lowest BCUT2D eigenvalue weighted by Crippen LogP contribution is -2.02. The van der Waals surface area contributed by atoms with E-state index in [-0.39, 0.29) is 5.97 Å². The first kappa shape index (κ1) is 19.8. The SMILES string of the molecule is CC(=O)OCCN=C/C=C(C)/C=C/C=C(C)/C=C/C=C(C)C. The molecule has 0 amide bonds. The Hall–Kier alpha value is -2.16. The van der Waals surface area contributed by atoms with Crippen molar-refractivity contribution in [2.24, 2.45) is 4.99 Å². The van der Waals surface area contributed by atoms with Gasteiger partial charge in [0.1, 0.15) is 6.61 Å². The van der Waals surface area contributed by atoms with Gasteiger partial charge in [-0.05, 0) is 39.3 Å². The first-order chi connectivity index (χ1) is 10.4. The smallest absolute Gasteiger partial charge is 0.302 e. The topological polar surface area (TPSA) is 38.7 Å². The molecule has 3 nitrogen and oxygen atoms in total. The lowest BCUT2D eigenvalue weighted by Gasteiger charge is -1.95. The second-order valence-corrected chi connectivity index (χ2v) is 5.18. The van der Waals surface area contributed by atoms with E-state index in [1.807, 2.05) is 31.2 Å². The van der Waals surface area contributed by atoms with Crippen LogP contribution in [0.1, 0.15) is 34.6 Å². The van der Waals surface area contributed by atoms with Crippen molar-refractivity contribution >= 4 is 12.2 Å². The van der Waals surface area contributed by atoms with Gasteiger partial charge in [0, 0.05) is 13.1 Å². The Morgan fingerprint density at radius 1 is 0.909 bits per heavy atom. The molecule has 120 valence electrons. The number of hydrogen-bond donors (Lipinski definition) is 0. The van der Waals surface area contributed by atoms with Crippen LogP contribution in [0, 0.1) is 0 Å². The number of hydrogen-bond acceptors (Lipinski definition) is 3. The lowest BCUT2D eigenvalue weighted by atomic mass is 10.2. The molecule has 0 aromatic carbocycles. The number of nitrogens with zero attached hydrogens (tertiary/aromatic N) is 1. The molecule has 0 saturated heterocycles. The highest BCUT2D eigenvalue weighted by Gasteiger charge is 1.88. The standard InChI is InChI=1S/C19H27NO2/c1-16(2)8-6-9-17(3)10-7-11-18(4)12-13-20-14-15-22-19(5)21/h6-13H,14-15H2,1-5H3/b9-6+,11-7+,17-10+,18-12+,20-13?. The predicted molar refractivity (Wildman–Crippen MR) is 95.2 cm³/mol. The molecule has 0 saturated carbocycles. The molecule has 0 aliphatic heterocycles. The van der Waals surface area contributed by atoms with Gasteiger partial charge in [-0.2, -0.15) is 0 Å². The molecular weight excluding hydrogens is 274 g/mol. The third-order valence-electron chi connectivity index (χ3n) is 2.48. The van der Waals surface area contributed by atoms with Gasteiger partial charge in [-0.25, -0.2) is 0 Å². The molecule has 0 heterocycles. The zero-order valence-corrected chi connectivity index (χ0v) is 14.3. The van der Waals surface area contributed by atoms with E-state index in [9.17, 15) is 4.79 Å². The molecular formula is C19H27NO2. The summed E-state index contributed by atoms with van der Waals surface area (Å²) in [6.45, 7) is 10.4. The second-order valence-electron chi connectivity index (χ2n) is 5.18. The van der Waals surface area contributed by atoms with Crippen LogP contribution in [-0.4, -0.2) is 25.3 Å². The van der Waals surface area contributed by atoms with Crippen molar-refractivity contribution in [1.82, 2.24) is 0 Å². The van der Waals surface area contributed by atoms with Gasteiger partial charge in [-0.1, -0.05) is 47.6 Å². The summed E-state index contributed by atoms with van der Waals surface area (Å²) < 4.78 is 4.78. The molecule has 0 radical (unpaired) electrons. The minimum Gasteiger partial charge on any atom is -0.464 e. The maximum absolute atomic E-state index is 10.5. The van der Waals surface area contributed by atoms with E-state index in [4.69, 9.17) is 4.74 Å². The molecule has 0 spiro atoms. The van der Waals surface area contributed by atoms with Gasteiger partial charge in [0.15, 0.2) is 0 Å². The summed E-state index contributed by atoms with van der Waals surface area (Å²) in [5.74, 6) is -0.273. The number of carbonyl (C=O) groups excluding carboxylic acids is 1. The Kier molecular flexibility index (Phi) is 11.3. The van der Waals surface area contributed by atoms with Crippen LogP contribution in [0.4, 0.5) is 0 Å². The maximum Gasteiger partial charge on any atom is 0.302 e. The van der Waals surface area contributed by atoms with Gasteiger partial charge in [-0.3, -0.25) is 9.79 Å². The fourth-order valence-corrected chi connectivity index (χ4v) is 1.34. The maximum atomic E-state index is 10.5. The van der Waals surface area contributed by atoms with Crippen molar-refractivity contribution in [3.63, 3.8) is 0 Å². The highest BCUT2D eigenvalue weighted by atomic mass is 16.5. The van der Waals surface area contributed by atoms with Crippen LogP contribution >= 0.6 is 0 Å². The van der Waals surface area contributed by atoms with Crippen LogP contribution < -0.4 is 0 Å². The molecule has 22 heavy (non-hydrogen) atoms. The Morgan fingerprint density at radius 3 is 2.09 bits per heavy atom. The minimum absolute atomic E-state index is 0.273. The number of allylic oxidation sites excluding steroid dienone is 10. The number of aliphatic imine (C=N–C) groups is 1. The number of ether oxygens (including phenoxy) is 1. The molecule has 3 heteroatoms. The summed E-state index contributed by atoms with van der Waals surface area (Å²) in [6.07, 6.45) is 16.0. The molecule has 0 rings (SSSR count). The molecule has 0 aromatic rings. The van der Waals surface area contributed by atoms with Gasteiger partial charge in [0.05, 0.1) is 6.54 Å². The molecule has 0 N–H and O–H groups in total. The lowest BCUT2D eigenvalue weighted by molar-refractivity contribution is -0.140. The van der Waals surface area contributed by atoms with Crippen LogP contribution in [0.5, 0.6) is 0 Å². The summed E-state index contributed by atoms with van der Waals surface area (Å²) >= 11 is 0. The van der Waals surface area contributed by atoms with Crippen LogP contribution in [0.15, 0.2) is 64.2 Å². The van der Waals surface area contributed by atoms with Gasteiger partial charge >= 0.3 is 5.97 Å². The van der Waals surface area contributed by atoms with Crippen LogP contribution in [0.3, 0.4) is 0 Å². The quantitative estimate of drug-likeness (QED) is 0.284. The van der Waals surface area contributed by atoms with E-state index in [1.54, 1.807) is 6.21 Å². The van der Waals surface area contributed by atoms with Crippen LogP contribution in [0.2, 0.25) is 0 Å². The van der Waals surface area contributed by atoms with E-state index >= 15 is 0 Å². The Labute approximate surface area is 134 Å². The van der Waals surface area contributed by atoms with Crippen molar-refractivity contribution in [2.75, 3.05) is 13.2 Å². The minimum atomic E-state index is -0.273. The van der Waals surface area contributed by atoms with Gasteiger partial charge < -0.3 is 4.74 Å². The average molecular weight is 301 g/mol. The Balaban J connectivity index is 4.22. The van der Waals surface area contributed by atoms with E-state index in [1.165, 1.54) is 18.1 Å². The molecule has 0 aliphatic rings. The van der Waals surface area contributed by atoms with Gasteiger partial charge in [0.25, 0.3) is 0 Å². The number of carbonyl (C=O) groups is 1. The number of esters is 1.